The molecule has 1 fully saturated rings. The van der Waals surface area contributed by atoms with Crippen molar-refractivity contribution in [2.45, 2.75) is 58.5 Å². The number of halogens is 1. The van der Waals surface area contributed by atoms with E-state index in [0.29, 0.717) is 54.7 Å². The highest BCUT2D eigenvalue weighted by Gasteiger charge is 2.21. The molecule has 2 heterocycles. The predicted molar refractivity (Wildman–Crippen MR) is 108 cm³/mol. The molecule has 0 radical (unpaired) electrons. The van der Waals surface area contributed by atoms with Crippen molar-refractivity contribution in [3.63, 3.8) is 0 Å². The Morgan fingerprint density at radius 2 is 2.11 bits per heavy atom. The average molecular weight is 395 g/mol. The second-order valence-corrected chi connectivity index (χ2v) is 8.36. The van der Waals surface area contributed by atoms with Crippen molar-refractivity contribution < 1.29 is 14.3 Å². The molecule has 3 rings (SSSR count). The molecule has 1 atom stereocenters. The Morgan fingerprint density at radius 3 is 2.85 bits per heavy atom. The van der Waals surface area contributed by atoms with Crippen molar-refractivity contribution >= 4 is 17.5 Å². The summed E-state index contributed by atoms with van der Waals surface area (Å²) in [6.07, 6.45) is 4.73. The van der Waals surface area contributed by atoms with Gasteiger partial charge in [-0.3, -0.25) is 4.79 Å². The van der Waals surface area contributed by atoms with Crippen molar-refractivity contribution in [1.29, 1.82) is 0 Å². The van der Waals surface area contributed by atoms with Crippen molar-refractivity contribution in [2.24, 2.45) is 5.92 Å². The Kier molecular flexibility index (Phi) is 7.25. The van der Waals surface area contributed by atoms with Crippen molar-refractivity contribution in [3.05, 3.63) is 22.7 Å². The van der Waals surface area contributed by atoms with Crippen LogP contribution in [0.5, 0.6) is 11.5 Å². The zero-order valence-corrected chi connectivity index (χ0v) is 17.2. The Bertz CT molecular complexity index is 645. The van der Waals surface area contributed by atoms with Crippen molar-refractivity contribution in [3.8, 4) is 11.5 Å². The van der Waals surface area contributed by atoms with Crippen LogP contribution in [0, 0.1) is 5.92 Å². The third-order valence-corrected chi connectivity index (χ3v) is 5.32. The van der Waals surface area contributed by atoms with E-state index in [1.54, 1.807) is 0 Å². The number of rotatable bonds is 7. The van der Waals surface area contributed by atoms with Gasteiger partial charge < -0.3 is 19.7 Å². The van der Waals surface area contributed by atoms with E-state index in [4.69, 9.17) is 21.1 Å². The SMILES string of the molecule is CC(C)CN(Cc1cc(Cl)c2c(c1)OCCCO2)C(=O)CC[C@H]1CCCN1. The van der Waals surface area contributed by atoms with E-state index in [9.17, 15) is 4.79 Å². The summed E-state index contributed by atoms with van der Waals surface area (Å²) in [6.45, 7) is 7.87. The average Bonchev–Trinajstić information content (AvgIpc) is 3.02. The van der Waals surface area contributed by atoms with Gasteiger partial charge in [0, 0.05) is 32.0 Å². The summed E-state index contributed by atoms with van der Waals surface area (Å²) in [4.78, 5) is 14.8. The molecule has 1 N–H and O–H groups in total. The Morgan fingerprint density at radius 1 is 1.30 bits per heavy atom. The van der Waals surface area contributed by atoms with Gasteiger partial charge in [0.2, 0.25) is 5.91 Å². The van der Waals surface area contributed by atoms with E-state index < -0.39 is 0 Å². The fraction of sp³-hybridized carbons (Fsp3) is 0.667. The first kappa shape index (κ1) is 20.3. The first-order chi connectivity index (χ1) is 13.0. The molecular formula is C21H31ClN2O3. The number of ether oxygens (including phenoxy) is 2. The zero-order chi connectivity index (χ0) is 19.2. The zero-order valence-electron chi connectivity index (χ0n) is 16.4. The number of amides is 1. The van der Waals surface area contributed by atoms with Crippen molar-refractivity contribution in [2.75, 3.05) is 26.3 Å². The van der Waals surface area contributed by atoms with Crippen LogP contribution in [0.15, 0.2) is 12.1 Å². The number of hydrogen-bond acceptors (Lipinski definition) is 4. The molecule has 27 heavy (non-hydrogen) atoms. The molecular weight excluding hydrogens is 364 g/mol. The smallest absolute Gasteiger partial charge is 0.222 e. The van der Waals surface area contributed by atoms with Gasteiger partial charge in [-0.15, -0.1) is 0 Å². The standard InChI is InChI=1S/C21H31ClN2O3/c1-15(2)13-24(20(25)7-6-17-5-3-8-23-17)14-16-11-18(22)21-19(12-16)26-9-4-10-27-21/h11-12,15,17,23H,3-10,13-14H2,1-2H3/t17-/m1/s1. The minimum atomic E-state index is 0.209. The van der Waals surface area contributed by atoms with Gasteiger partial charge in [-0.05, 0) is 49.4 Å². The van der Waals surface area contributed by atoms with Gasteiger partial charge in [-0.2, -0.15) is 0 Å². The minimum Gasteiger partial charge on any atom is -0.489 e. The number of nitrogens with zero attached hydrogens (tertiary/aromatic N) is 1. The summed E-state index contributed by atoms with van der Waals surface area (Å²) in [6, 6.07) is 4.35. The number of carbonyl (C=O) groups excluding carboxylic acids is 1. The lowest BCUT2D eigenvalue weighted by Gasteiger charge is -2.26. The summed E-state index contributed by atoms with van der Waals surface area (Å²) in [5.41, 5.74) is 0.984. The summed E-state index contributed by atoms with van der Waals surface area (Å²) >= 11 is 6.42. The molecule has 0 aliphatic carbocycles. The first-order valence-electron chi connectivity index (χ1n) is 10.1. The molecule has 150 valence electrons. The number of carbonyl (C=O) groups is 1. The number of hydrogen-bond donors (Lipinski definition) is 1. The molecule has 1 amide bonds. The maximum absolute atomic E-state index is 12.9. The molecule has 0 unspecified atom stereocenters. The van der Waals surface area contributed by atoms with E-state index in [2.05, 4.69) is 19.2 Å². The van der Waals surface area contributed by atoms with Crippen LogP contribution >= 0.6 is 11.6 Å². The van der Waals surface area contributed by atoms with Crippen LogP contribution in [0.3, 0.4) is 0 Å². The lowest BCUT2D eigenvalue weighted by Crippen LogP contribution is -2.34. The van der Waals surface area contributed by atoms with E-state index >= 15 is 0 Å². The molecule has 1 aromatic rings. The van der Waals surface area contributed by atoms with Gasteiger partial charge in [0.05, 0.1) is 18.2 Å². The second-order valence-electron chi connectivity index (χ2n) is 7.96. The monoisotopic (exact) mass is 394 g/mol. The third kappa shape index (κ3) is 5.76. The second kappa shape index (κ2) is 9.65. The fourth-order valence-corrected chi connectivity index (χ4v) is 4.04. The minimum absolute atomic E-state index is 0.209. The lowest BCUT2D eigenvalue weighted by molar-refractivity contribution is -0.132. The molecule has 5 nitrogen and oxygen atoms in total. The van der Waals surface area contributed by atoms with Gasteiger partial charge in [0.25, 0.3) is 0 Å². The largest absolute Gasteiger partial charge is 0.489 e. The topological polar surface area (TPSA) is 50.8 Å². The van der Waals surface area contributed by atoms with E-state index in [0.717, 1.165) is 31.5 Å². The molecule has 2 aliphatic heterocycles. The van der Waals surface area contributed by atoms with E-state index in [-0.39, 0.29) is 5.91 Å². The Balaban J connectivity index is 1.68. The van der Waals surface area contributed by atoms with E-state index in [1.165, 1.54) is 12.8 Å². The molecule has 0 saturated carbocycles. The fourth-order valence-electron chi connectivity index (χ4n) is 3.75. The van der Waals surface area contributed by atoms with Gasteiger partial charge >= 0.3 is 0 Å². The highest BCUT2D eigenvalue weighted by Crippen LogP contribution is 2.38. The summed E-state index contributed by atoms with van der Waals surface area (Å²) in [5.74, 6) is 1.92. The first-order valence-corrected chi connectivity index (χ1v) is 10.5. The van der Waals surface area contributed by atoms with Crippen LogP contribution in [-0.2, 0) is 11.3 Å². The van der Waals surface area contributed by atoms with Crippen LogP contribution < -0.4 is 14.8 Å². The van der Waals surface area contributed by atoms with Gasteiger partial charge in [0.1, 0.15) is 0 Å². The summed E-state index contributed by atoms with van der Waals surface area (Å²) < 4.78 is 11.5. The molecule has 1 saturated heterocycles. The third-order valence-electron chi connectivity index (χ3n) is 5.04. The van der Waals surface area contributed by atoms with Crippen LogP contribution in [-0.4, -0.2) is 43.2 Å². The predicted octanol–water partition coefficient (Wildman–Crippen LogP) is 4.02. The van der Waals surface area contributed by atoms with Crippen LogP contribution in [0.1, 0.15) is 51.5 Å². The molecule has 0 bridgehead atoms. The highest BCUT2D eigenvalue weighted by atomic mass is 35.5. The normalized spacial score (nSPS) is 19.2. The number of nitrogens with one attached hydrogen (secondary N) is 1. The van der Waals surface area contributed by atoms with Gasteiger partial charge in [-0.1, -0.05) is 25.4 Å². The molecule has 2 aliphatic rings. The lowest BCUT2D eigenvalue weighted by atomic mass is 10.1. The quantitative estimate of drug-likeness (QED) is 0.758. The molecule has 1 aromatic carbocycles. The highest BCUT2D eigenvalue weighted by molar-refractivity contribution is 6.32. The van der Waals surface area contributed by atoms with Crippen molar-refractivity contribution in [1.82, 2.24) is 10.2 Å². The number of fused-ring (bicyclic) bond motifs is 1. The molecule has 0 aromatic heterocycles. The molecule has 0 spiro atoms. The summed E-state index contributed by atoms with van der Waals surface area (Å²) in [5, 5.41) is 4.02. The van der Waals surface area contributed by atoms with Gasteiger partial charge in [-0.25, -0.2) is 0 Å². The van der Waals surface area contributed by atoms with Crippen LogP contribution in [0.4, 0.5) is 0 Å². The maximum atomic E-state index is 12.9. The molecule has 6 heteroatoms. The Hall–Kier alpha value is -1.46. The van der Waals surface area contributed by atoms with Crippen LogP contribution in [0.25, 0.3) is 0 Å². The van der Waals surface area contributed by atoms with Gasteiger partial charge in [0.15, 0.2) is 11.5 Å². The summed E-state index contributed by atoms with van der Waals surface area (Å²) in [7, 11) is 0. The number of benzene rings is 1. The van der Waals surface area contributed by atoms with E-state index in [1.807, 2.05) is 17.0 Å². The maximum Gasteiger partial charge on any atom is 0.222 e. The Labute approximate surface area is 167 Å². The van der Waals surface area contributed by atoms with Crippen LogP contribution in [0.2, 0.25) is 5.02 Å².